The molecule has 0 aliphatic heterocycles. The molecule has 0 radical (unpaired) electrons. The molecule has 1 aromatic carbocycles. The number of allylic oxidation sites excluding steroid dienone is 1. The van der Waals surface area contributed by atoms with Gasteiger partial charge in [0.15, 0.2) is 5.78 Å². The molecule has 4 heteroatoms. The molecule has 2 atom stereocenters. The minimum absolute atomic E-state index is 0.0381. The van der Waals surface area contributed by atoms with E-state index in [1.165, 1.54) is 0 Å². The van der Waals surface area contributed by atoms with Gasteiger partial charge in [0, 0.05) is 23.5 Å². The Balaban J connectivity index is 2.18. The van der Waals surface area contributed by atoms with Crippen LogP contribution in [0.3, 0.4) is 0 Å². The van der Waals surface area contributed by atoms with Crippen molar-refractivity contribution < 1.29 is 19.4 Å². The van der Waals surface area contributed by atoms with Crippen LogP contribution in [0, 0.1) is 5.92 Å². The third-order valence-electron chi connectivity index (χ3n) is 4.59. The largest absolute Gasteiger partial charge is 0.507 e. The van der Waals surface area contributed by atoms with Gasteiger partial charge in [-0.15, -0.1) is 0 Å². The summed E-state index contributed by atoms with van der Waals surface area (Å²) < 4.78 is 5.24. The summed E-state index contributed by atoms with van der Waals surface area (Å²) in [7, 11) is 0. The summed E-state index contributed by atoms with van der Waals surface area (Å²) >= 11 is 0. The molecule has 0 bridgehead atoms. The predicted molar refractivity (Wildman–Crippen MR) is 82.3 cm³/mol. The van der Waals surface area contributed by atoms with E-state index >= 15 is 0 Å². The maximum atomic E-state index is 12.5. The quantitative estimate of drug-likeness (QED) is 0.850. The minimum atomic E-state index is -0.496. The first-order valence-corrected chi connectivity index (χ1v) is 7.87. The fourth-order valence-electron chi connectivity index (χ4n) is 3.65. The normalized spacial score (nSPS) is 24.3. The number of aliphatic hydroxyl groups is 1. The lowest BCUT2D eigenvalue weighted by Gasteiger charge is -2.32. The highest BCUT2D eigenvalue weighted by molar-refractivity contribution is 6.04. The molecule has 22 heavy (non-hydrogen) atoms. The van der Waals surface area contributed by atoms with Crippen molar-refractivity contribution >= 4 is 17.5 Å². The maximum absolute atomic E-state index is 12.5. The van der Waals surface area contributed by atoms with Crippen molar-refractivity contribution in [3.05, 3.63) is 41.0 Å². The van der Waals surface area contributed by atoms with E-state index in [1.54, 1.807) is 19.1 Å². The number of carbonyl (C=O) groups excluding carboxylic acids is 2. The number of ether oxygens (including phenoxy) is 1. The Bertz CT molecular complexity index is 644. The number of ketones is 1. The van der Waals surface area contributed by atoms with Gasteiger partial charge in [0.05, 0.1) is 12.5 Å². The number of rotatable bonds is 2. The Labute approximate surface area is 129 Å². The Morgan fingerprint density at radius 3 is 2.86 bits per heavy atom. The fourth-order valence-corrected chi connectivity index (χ4v) is 3.65. The molecule has 2 aliphatic carbocycles. The van der Waals surface area contributed by atoms with Gasteiger partial charge in [-0.1, -0.05) is 30.7 Å². The van der Waals surface area contributed by atoms with Crippen molar-refractivity contribution in [2.45, 2.75) is 38.5 Å². The van der Waals surface area contributed by atoms with Crippen LogP contribution < -0.4 is 0 Å². The van der Waals surface area contributed by atoms with Gasteiger partial charge in [-0.3, -0.25) is 9.59 Å². The number of hydrogen-bond acceptors (Lipinski definition) is 4. The summed E-state index contributed by atoms with van der Waals surface area (Å²) in [6.07, 6.45) is 2.85. The summed E-state index contributed by atoms with van der Waals surface area (Å²) in [6, 6.07) is 7.26. The molecule has 0 heterocycles. The molecular formula is C18H20O4. The van der Waals surface area contributed by atoms with Gasteiger partial charge in [0.25, 0.3) is 0 Å². The molecule has 0 amide bonds. The third kappa shape index (κ3) is 2.32. The number of aliphatic hydroxyl groups excluding tert-OH is 1. The van der Waals surface area contributed by atoms with Crippen molar-refractivity contribution in [1.29, 1.82) is 0 Å². The molecular weight excluding hydrogens is 280 g/mol. The van der Waals surface area contributed by atoms with Gasteiger partial charge in [-0.25, -0.2) is 0 Å². The average molecular weight is 300 g/mol. The smallest absolute Gasteiger partial charge is 0.314 e. The van der Waals surface area contributed by atoms with Gasteiger partial charge in [-0.2, -0.15) is 0 Å². The lowest BCUT2D eigenvalue weighted by atomic mass is 9.71. The lowest BCUT2D eigenvalue weighted by molar-refractivity contribution is -0.146. The van der Waals surface area contributed by atoms with Gasteiger partial charge in [0.1, 0.15) is 5.76 Å². The van der Waals surface area contributed by atoms with Gasteiger partial charge < -0.3 is 9.84 Å². The summed E-state index contributed by atoms with van der Waals surface area (Å²) in [4.78, 5) is 24.9. The number of carbonyl (C=O) groups is 2. The van der Waals surface area contributed by atoms with E-state index in [-0.39, 0.29) is 23.4 Å². The first-order valence-electron chi connectivity index (χ1n) is 7.87. The van der Waals surface area contributed by atoms with Crippen molar-refractivity contribution in [2.75, 3.05) is 6.61 Å². The van der Waals surface area contributed by atoms with Crippen LogP contribution in [0.5, 0.6) is 0 Å². The van der Waals surface area contributed by atoms with Gasteiger partial charge >= 0.3 is 5.97 Å². The van der Waals surface area contributed by atoms with Crippen LogP contribution >= 0.6 is 0 Å². The van der Waals surface area contributed by atoms with Crippen molar-refractivity contribution in [3.63, 3.8) is 0 Å². The first-order chi connectivity index (χ1) is 10.6. The second-order valence-electron chi connectivity index (χ2n) is 5.85. The topological polar surface area (TPSA) is 63.6 Å². The molecule has 2 aliphatic rings. The van der Waals surface area contributed by atoms with Gasteiger partial charge in [0.2, 0.25) is 0 Å². The maximum Gasteiger partial charge on any atom is 0.314 e. The van der Waals surface area contributed by atoms with E-state index in [9.17, 15) is 14.7 Å². The molecule has 4 nitrogen and oxygen atoms in total. The van der Waals surface area contributed by atoms with Crippen LogP contribution in [0.4, 0.5) is 0 Å². The highest BCUT2D eigenvalue weighted by Crippen LogP contribution is 2.46. The number of fused-ring (bicyclic) bond motifs is 2. The zero-order valence-corrected chi connectivity index (χ0v) is 12.7. The summed E-state index contributed by atoms with van der Waals surface area (Å²) in [5.74, 6) is -1.07. The number of Topliss-reactive ketones (excluding diaryl/α,β-unsaturated/α-hetero) is 1. The number of benzene rings is 1. The van der Waals surface area contributed by atoms with Crippen LogP contribution in [-0.4, -0.2) is 23.5 Å². The average Bonchev–Trinajstić information content (AvgIpc) is 2.70. The number of hydrogen-bond donors (Lipinski definition) is 1. The van der Waals surface area contributed by atoms with E-state index in [4.69, 9.17) is 4.74 Å². The Morgan fingerprint density at radius 2 is 2.09 bits per heavy atom. The SMILES string of the molecule is CCOC(=O)[C@H]1c2ccccc2C(O)=C2C(=O)CCCC[C@@H]21. The van der Waals surface area contributed by atoms with Crippen molar-refractivity contribution in [3.8, 4) is 0 Å². The Morgan fingerprint density at radius 1 is 1.32 bits per heavy atom. The minimum Gasteiger partial charge on any atom is -0.507 e. The highest BCUT2D eigenvalue weighted by Gasteiger charge is 2.43. The molecule has 0 unspecified atom stereocenters. The zero-order valence-electron chi connectivity index (χ0n) is 12.7. The van der Waals surface area contributed by atoms with Gasteiger partial charge in [-0.05, 0) is 25.3 Å². The van der Waals surface area contributed by atoms with Crippen molar-refractivity contribution in [2.24, 2.45) is 5.92 Å². The molecule has 1 fully saturated rings. The van der Waals surface area contributed by atoms with E-state index in [0.717, 1.165) is 24.8 Å². The molecule has 0 saturated heterocycles. The molecule has 0 spiro atoms. The zero-order chi connectivity index (χ0) is 15.7. The summed E-state index contributed by atoms with van der Waals surface area (Å²) in [5, 5.41) is 10.6. The molecule has 1 aromatic rings. The first kappa shape index (κ1) is 14.8. The summed E-state index contributed by atoms with van der Waals surface area (Å²) in [6.45, 7) is 2.09. The van der Waals surface area contributed by atoms with E-state index in [0.29, 0.717) is 24.2 Å². The van der Waals surface area contributed by atoms with Crippen LogP contribution in [0.1, 0.15) is 49.7 Å². The van der Waals surface area contributed by atoms with Crippen LogP contribution in [0.15, 0.2) is 29.8 Å². The monoisotopic (exact) mass is 300 g/mol. The Kier molecular flexibility index (Phi) is 4.01. The molecule has 1 saturated carbocycles. The van der Waals surface area contributed by atoms with Crippen molar-refractivity contribution in [1.82, 2.24) is 0 Å². The van der Waals surface area contributed by atoms with E-state index in [2.05, 4.69) is 0 Å². The molecule has 0 aromatic heterocycles. The highest BCUT2D eigenvalue weighted by atomic mass is 16.5. The fraction of sp³-hybridized carbons (Fsp3) is 0.444. The second kappa shape index (κ2) is 5.95. The number of esters is 1. The van der Waals surface area contributed by atoms with Crippen LogP contribution in [0.2, 0.25) is 0 Å². The molecule has 1 N–H and O–H groups in total. The predicted octanol–water partition coefficient (Wildman–Crippen LogP) is 3.38. The summed E-state index contributed by atoms with van der Waals surface area (Å²) in [5.41, 5.74) is 1.78. The van der Waals surface area contributed by atoms with Crippen LogP contribution in [-0.2, 0) is 14.3 Å². The third-order valence-corrected chi connectivity index (χ3v) is 4.59. The second-order valence-corrected chi connectivity index (χ2v) is 5.85. The Hall–Kier alpha value is -2.10. The molecule has 116 valence electrons. The molecule has 3 rings (SSSR count). The van der Waals surface area contributed by atoms with E-state index < -0.39 is 5.92 Å². The standard InChI is InChI=1S/C18H20O4/c1-2-22-18(21)15-11-7-3-4-8-12(11)17(20)16-13(15)9-5-6-10-14(16)19/h3-4,7-8,13,15,20H,2,5-6,9-10H2,1H3/t13-,15+/m1/s1. The lowest BCUT2D eigenvalue weighted by Crippen LogP contribution is -2.31. The van der Waals surface area contributed by atoms with Crippen LogP contribution in [0.25, 0.3) is 5.76 Å². The van der Waals surface area contributed by atoms with E-state index in [1.807, 2.05) is 12.1 Å².